The molecule has 0 saturated carbocycles. The molecule has 0 radical (unpaired) electrons. The van der Waals surface area contributed by atoms with Gasteiger partial charge in [-0.2, -0.15) is 5.10 Å². The first-order valence-corrected chi connectivity index (χ1v) is 7.18. The topological polar surface area (TPSA) is 29.9 Å². The molecule has 0 saturated heterocycles. The van der Waals surface area contributed by atoms with E-state index in [1.165, 1.54) is 17.8 Å². The van der Waals surface area contributed by atoms with Crippen LogP contribution < -0.4 is 5.32 Å². The van der Waals surface area contributed by atoms with Gasteiger partial charge in [0, 0.05) is 30.8 Å². The van der Waals surface area contributed by atoms with Gasteiger partial charge in [-0.3, -0.25) is 4.68 Å². The second-order valence-electron chi connectivity index (χ2n) is 5.43. The minimum Gasteiger partial charge on any atom is -0.335 e. The number of halogens is 5. The standard InChI is InChI=1S/C17H12F5N3/c1-8-15(11-4-3-9(18)5-12(11)20)17(25(2)24-8)23-16-13(21)6-10(19)7-14(16)22/h3-7,23H,1-2H3. The predicted molar refractivity (Wildman–Crippen MR) is 82.9 cm³/mol. The summed E-state index contributed by atoms with van der Waals surface area (Å²) < 4.78 is 69.4. The van der Waals surface area contributed by atoms with Crippen molar-refractivity contribution in [2.45, 2.75) is 6.92 Å². The van der Waals surface area contributed by atoms with E-state index in [1.807, 2.05) is 0 Å². The summed E-state index contributed by atoms with van der Waals surface area (Å²) in [6, 6.07) is 4.01. The van der Waals surface area contributed by atoms with Crippen molar-refractivity contribution in [1.29, 1.82) is 0 Å². The summed E-state index contributed by atoms with van der Waals surface area (Å²) in [6.07, 6.45) is 0. The second kappa shape index (κ2) is 6.19. The Morgan fingerprint density at radius 1 is 0.880 bits per heavy atom. The van der Waals surface area contributed by atoms with Crippen LogP contribution in [0, 0.1) is 36.0 Å². The maximum absolute atomic E-state index is 14.2. The van der Waals surface area contributed by atoms with Gasteiger partial charge in [-0.05, 0) is 19.1 Å². The fraction of sp³-hybridized carbons (Fsp3) is 0.118. The van der Waals surface area contributed by atoms with Gasteiger partial charge in [-0.1, -0.05) is 0 Å². The first-order chi connectivity index (χ1) is 11.8. The average molecular weight is 353 g/mol. The molecule has 0 bridgehead atoms. The van der Waals surface area contributed by atoms with Crippen LogP contribution in [0.5, 0.6) is 0 Å². The number of rotatable bonds is 3. The molecular weight excluding hydrogens is 341 g/mol. The van der Waals surface area contributed by atoms with E-state index in [0.29, 0.717) is 23.9 Å². The van der Waals surface area contributed by atoms with Gasteiger partial charge >= 0.3 is 0 Å². The van der Waals surface area contributed by atoms with E-state index in [9.17, 15) is 22.0 Å². The summed E-state index contributed by atoms with van der Waals surface area (Å²) in [5.74, 6) is -4.89. The molecule has 8 heteroatoms. The molecular formula is C17H12F5N3. The first kappa shape index (κ1) is 16.9. The highest BCUT2D eigenvalue weighted by Gasteiger charge is 2.21. The molecule has 3 nitrogen and oxygen atoms in total. The number of hydrogen-bond acceptors (Lipinski definition) is 2. The van der Waals surface area contributed by atoms with Gasteiger partial charge in [0.15, 0.2) is 11.6 Å². The molecule has 1 aromatic heterocycles. The fourth-order valence-corrected chi connectivity index (χ4v) is 2.60. The minimum absolute atomic E-state index is 0.0115. The van der Waals surface area contributed by atoms with Gasteiger partial charge in [0.2, 0.25) is 0 Å². The Balaban J connectivity index is 2.16. The van der Waals surface area contributed by atoms with Crippen LogP contribution in [0.25, 0.3) is 11.1 Å². The highest BCUT2D eigenvalue weighted by atomic mass is 19.2. The highest BCUT2D eigenvalue weighted by molar-refractivity contribution is 5.81. The van der Waals surface area contributed by atoms with Gasteiger partial charge in [-0.15, -0.1) is 0 Å². The van der Waals surface area contributed by atoms with Crippen LogP contribution in [0.15, 0.2) is 30.3 Å². The number of nitrogens with one attached hydrogen (secondary N) is 1. The summed E-state index contributed by atoms with van der Waals surface area (Å²) in [6.45, 7) is 1.57. The second-order valence-corrected chi connectivity index (χ2v) is 5.43. The largest absolute Gasteiger partial charge is 0.335 e. The van der Waals surface area contributed by atoms with E-state index < -0.39 is 34.8 Å². The molecule has 0 aliphatic carbocycles. The normalized spacial score (nSPS) is 11.0. The maximum atomic E-state index is 14.2. The fourth-order valence-electron chi connectivity index (χ4n) is 2.60. The van der Waals surface area contributed by atoms with E-state index in [1.54, 1.807) is 6.92 Å². The highest BCUT2D eigenvalue weighted by Crippen LogP contribution is 2.36. The van der Waals surface area contributed by atoms with Gasteiger partial charge in [-0.25, -0.2) is 22.0 Å². The third-order valence-corrected chi connectivity index (χ3v) is 3.67. The van der Waals surface area contributed by atoms with Crippen LogP contribution in [-0.4, -0.2) is 9.78 Å². The van der Waals surface area contributed by atoms with Crippen LogP contribution in [0.1, 0.15) is 5.69 Å². The lowest BCUT2D eigenvalue weighted by molar-refractivity contribution is 0.548. The van der Waals surface area contributed by atoms with Crippen molar-refractivity contribution in [2.24, 2.45) is 7.05 Å². The summed E-state index contributed by atoms with van der Waals surface area (Å²) in [5, 5.41) is 6.59. The van der Waals surface area contributed by atoms with Crippen molar-refractivity contribution in [3.05, 3.63) is 65.1 Å². The zero-order valence-corrected chi connectivity index (χ0v) is 13.2. The van der Waals surface area contributed by atoms with E-state index >= 15 is 0 Å². The minimum atomic E-state index is -1.15. The molecule has 25 heavy (non-hydrogen) atoms. The first-order valence-electron chi connectivity index (χ1n) is 7.18. The lowest BCUT2D eigenvalue weighted by Crippen LogP contribution is -2.04. The average Bonchev–Trinajstić information content (AvgIpc) is 2.77. The van der Waals surface area contributed by atoms with E-state index in [4.69, 9.17) is 0 Å². The number of aromatic nitrogens is 2. The van der Waals surface area contributed by atoms with Crippen molar-refractivity contribution in [2.75, 3.05) is 5.32 Å². The zero-order valence-electron chi connectivity index (χ0n) is 13.2. The third-order valence-electron chi connectivity index (χ3n) is 3.67. The molecule has 0 fully saturated rings. The Bertz CT molecular complexity index is 942. The van der Waals surface area contributed by atoms with E-state index in [-0.39, 0.29) is 16.9 Å². The molecule has 3 rings (SSSR count). The maximum Gasteiger partial charge on any atom is 0.152 e. The smallest absolute Gasteiger partial charge is 0.152 e. The lowest BCUT2D eigenvalue weighted by Gasteiger charge is -2.12. The molecule has 0 aliphatic heterocycles. The van der Waals surface area contributed by atoms with Crippen LogP contribution in [0.2, 0.25) is 0 Å². The molecule has 2 aromatic carbocycles. The van der Waals surface area contributed by atoms with E-state index in [0.717, 1.165) is 6.07 Å². The Morgan fingerprint density at radius 3 is 2.08 bits per heavy atom. The third kappa shape index (κ3) is 3.07. The van der Waals surface area contributed by atoms with Crippen molar-refractivity contribution in [3.8, 4) is 11.1 Å². The quantitative estimate of drug-likeness (QED) is 0.683. The number of anilines is 2. The summed E-state index contributed by atoms with van der Waals surface area (Å²) in [4.78, 5) is 0. The predicted octanol–water partition coefficient (Wildman–Crippen LogP) is 4.83. The number of hydrogen-bond donors (Lipinski definition) is 1. The lowest BCUT2D eigenvalue weighted by atomic mass is 10.0. The number of benzene rings is 2. The monoisotopic (exact) mass is 353 g/mol. The zero-order chi connectivity index (χ0) is 18.3. The summed E-state index contributed by atoms with van der Waals surface area (Å²) in [7, 11) is 1.49. The van der Waals surface area contributed by atoms with Crippen molar-refractivity contribution < 1.29 is 22.0 Å². The Labute approximate surface area is 139 Å². The molecule has 0 unspecified atom stereocenters. The van der Waals surface area contributed by atoms with Gasteiger partial charge in [0.05, 0.1) is 11.3 Å². The molecule has 0 amide bonds. The van der Waals surface area contributed by atoms with Crippen molar-refractivity contribution in [1.82, 2.24) is 9.78 Å². The molecule has 0 atom stereocenters. The van der Waals surface area contributed by atoms with Crippen molar-refractivity contribution in [3.63, 3.8) is 0 Å². The molecule has 0 aliphatic rings. The summed E-state index contributed by atoms with van der Waals surface area (Å²) >= 11 is 0. The molecule has 1 heterocycles. The Kier molecular flexibility index (Phi) is 4.20. The van der Waals surface area contributed by atoms with Gasteiger partial charge in [0.25, 0.3) is 0 Å². The number of nitrogens with zero attached hydrogens (tertiary/aromatic N) is 2. The molecule has 130 valence electrons. The Hall–Kier alpha value is -2.90. The van der Waals surface area contributed by atoms with E-state index in [2.05, 4.69) is 10.4 Å². The van der Waals surface area contributed by atoms with Crippen LogP contribution in [0.3, 0.4) is 0 Å². The van der Waals surface area contributed by atoms with Crippen molar-refractivity contribution >= 4 is 11.5 Å². The van der Waals surface area contributed by atoms with Crippen LogP contribution >= 0.6 is 0 Å². The molecule has 3 aromatic rings. The number of aryl methyl sites for hydroxylation is 2. The summed E-state index contributed by atoms with van der Waals surface area (Å²) in [5.41, 5.74) is -0.0211. The SMILES string of the molecule is Cc1nn(C)c(Nc2c(F)cc(F)cc2F)c1-c1ccc(F)cc1F. The van der Waals surface area contributed by atoms with Crippen LogP contribution in [-0.2, 0) is 7.05 Å². The Morgan fingerprint density at radius 2 is 1.48 bits per heavy atom. The van der Waals surface area contributed by atoms with Crippen LogP contribution in [0.4, 0.5) is 33.5 Å². The van der Waals surface area contributed by atoms with Gasteiger partial charge in [0.1, 0.15) is 29.0 Å². The molecule has 0 spiro atoms. The molecule has 1 N–H and O–H groups in total. The van der Waals surface area contributed by atoms with Gasteiger partial charge < -0.3 is 5.32 Å².